The van der Waals surface area contributed by atoms with Gasteiger partial charge in [0, 0.05) is 25.0 Å². The standard InChI is InChI=1S/C20H18N6O2/c1-13-15(19(28-25-13)18-7-6-14(27)11-23-18)12-26(2)20-22-10-8-17(24-20)16-5-3-4-9-21-16/h3-11,27H,12H2,1-2H3. The second-order valence-electron chi connectivity index (χ2n) is 6.29. The molecule has 0 aliphatic rings. The number of aromatic nitrogens is 5. The molecule has 4 rings (SSSR count). The van der Waals surface area contributed by atoms with Gasteiger partial charge in [0.15, 0.2) is 5.76 Å². The lowest BCUT2D eigenvalue weighted by atomic mass is 10.1. The van der Waals surface area contributed by atoms with Crippen molar-refractivity contribution in [3.63, 3.8) is 0 Å². The molecule has 4 heterocycles. The molecular formula is C20H18N6O2. The lowest BCUT2D eigenvalue weighted by molar-refractivity contribution is 0.425. The molecule has 0 fully saturated rings. The van der Waals surface area contributed by atoms with Gasteiger partial charge in [0.1, 0.15) is 11.4 Å². The summed E-state index contributed by atoms with van der Waals surface area (Å²) in [6, 6.07) is 10.8. The Morgan fingerprint density at radius 3 is 2.61 bits per heavy atom. The third-order valence-electron chi connectivity index (χ3n) is 4.27. The first-order chi connectivity index (χ1) is 13.6. The molecule has 0 saturated carbocycles. The predicted octanol–water partition coefficient (Wildman–Crippen LogP) is 3.24. The summed E-state index contributed by atoms with van der Waals surface area (Å²) in [6.45, 7) is 2.36. The fourth-order valence-corrected chi connectivity index (χ4v) is 2.79. The van der Waals surface area contributed by atoms with Gasteiger partial charge in [-0.3, -0.25) is 4.98 Å². The van der Waals surface area contributed by atoms with Crippen LogP contribution in [0.2, 0.25) is 0 Å². The monoisotopic (exact) mass is 374 g/mol. The zero-order chi connectivity index (χ0) is 19.5. The molecule has 0 bridgehead atoms. The van der Waals surface area contributed by atoms with E-state index in [2.05, 4.69) is 25.1 Å². The van der Waals surface area contributed by atoms with Crippen LogP contribution in [-0.4, -0.2) is 37.2 Å². The molecule has 0 radical (unpaired) electrons. The smallest absolute Gasteiger partial charge is 0.225 e. The Morgan fingerprint density at radius 1 is 0.964 bits per heavy atom. The van der Waals surface area contributed by atoms with Crippen molar-refractivity contribution in [1.82, 2.24) is 25.1 Å². The summed E-state index contributed by atoms with van der Waals surface area (Å²) in [5.41, 5.74) is 3.78. The van der Waals surface area contributed by atoms with Gasteiger partial charge in [-0.2, -0.15) is 0 Å². The van der Waals surface area contributed by atoms with Crippen LogP contribution in [0.4, 0.5) is 5.95 Å². The summed E-state index contributed by atoms with van der Waals surface area (Å²) in [4.78, 5) is 19.5. The average molecular weight is 374 g/mol. The zero-order valence-electron chi connectivity index (χ0n) is 15.4. The molecule has 0 aromatic carbocycles. The van der Waals surface area contributed by atoms with Crippen molar-refractivity contribution in [3.05, 3.63) is 66.2 Å². The Labute approximate surface area is 161 Å². The normalized spacial score (nSPS) is 10.8. The summed E-state index contributed by atoms with van der Waals surface area (Å²) >= 11 is 0. The first-order valence-corrected chi connectivity index (χ1v) is 8.68. The fraction of sp³-hybridized carbons (Fsp3) is 0.150. The van der Waals surface area contributed by atoms with Crippen LogP contribution in [0.25, 0.3) is 22.8 Å². The summed E-state index contributed by atoms with van der Waals surface area (Å²) in [5, 5.41) is 13.5. The molecule has 1 N–H and O–H groups in total. The molecular weight excluding hydrogens is 356 g/mol. The number of aryl methyl sites for hydroxylation is 1. The van der Waals surface area contributed by atoms with Crippen molar-refractivity contribution in [2.45, 2.75) is 13.5 Å². The lowest BCUT2D eigenvalue weighted by Gasteiger charge is -2.17. The molecule has 0 saturated heterocycles. The highest BCUT2D eigenvalue weighted by Crippen LogP contribution is 2.27. The minimum Gasteiger partial charge on any atom is -0.506 e. The van der Waals surface area contributed by atoms with Crippen LogP contribution in [0.3, 0.4) is 0 Å². The first-order valence-electron chi connectivity index (χ1n) is 8.68. The van der Waals surface area contributed by atoms with Gasteiger partial charge in [-0.25, -0.2) is 15.0 Å². The summed E-state index contributed by atoms with van der Waals surface area (Å²) in [5.74, 6) is 1.22. The number of aromatic hydroxyl groups is 1. The highest BCUT2D eigenvalue weighted by atomic mass is 16.5. The SMILES string of the molecule is Cc1noc(-c2ccc(O)cn2)c1CN(C)c1nccc(-c2ccccn2)n1. The van der Waals surface area contributed by atoms with Crippen molar-refractivity contribution in [3.8, 4) is 28.6 Å². The number of hydrogen-bond donors (Lipinski definition) is 1. The van der Waals surface area contributed by atoms with E-state index in [-0.39, 0.29) is 5.75 Å². The summed E-state index contributed by atoms with van der Waals surface area (Å²) in [6.07, 6.45) is 4.82. The molecule has 28 heavy (non-hydrogen) atoms. The maximum atomic E-state index is 9.45. The molecule has 4 aromatic rings. The zero-order valence-corrected chi connectivity index (χ0v) is 15.4. The Hall–Kier alpha value is -3.81. The van der Waals surface area contributed by atoms with E-state index in [9.17, 15) is 5.11 Å². The number of rotatable bonds is 5. The average Bonchev–Trinajstić information content (AvgIpc) is 3.09. The van der Waals surface area contributed by atoms with Crippen LogP contribution >= 0.6 is 0 Å². The van der Waals surface area contributed by atoms with E-state index < -0.39 is 0 Å². The van der Waals surface area contributed by atoms with Gasteiger partial charge in [0.25, 0.3) is 0 Å². The molecule has 0 amide bonds. The Bertz CT molecular complexity index is 1080. The molecule has 140 valence electrons. The Balaban J connectivity index is 1.62. The van der Waals surface area contributed by atoms with Crippen LogP contribution in [0, 0.1) is 6.92 Å². The van der Waals surface area contributed by atoms with Gasteiger partial charge in [-0.05, 0) is 37.3 Å². The Morgan fingerprint density at radius 2 is 1.86 bits per heavy atom. The van der Waals surface area contributed by atoms with Crippen molar-refractivity contribution >= 4 is 5.95 Å². The van der Waals surface area contributed by atoms with E-state index in [4.69, 9.17) is 4.52 Å². The van der Waals surface area contributed by atoms with E-state index in [1.807, 2.05) is 43.1 Å². The van der Waals surface area contributed by atoms with Crippen molar-refractivity contribution in [1.29, 1.82) is 0 Å². The van der Waals surface area contributed by atoms with E-state index in [1.165, 1.54) is 6.20 Å². The molecule has 0 atom stereocenters. The van der Waals surface area contributed by atoms with E-state index >= 15 is 0 Å². The predicted molar refractivity (Wildman–Crippen MR) is 104 cm³/mol. The van der Waals surface area contributed by atoms with Gasteiger partial charge >= 0.3 is 0 Å². The van der Waals surface area contributed by atoms with Crippen LogP contribution in [0.15, 0.2) is 59.5 Å². The molecule has 0 aliphatic heterocycles. The Kier molecular flexibility index (Phi) is 4.67. The van der Waals surface area contributed by atoms with Crippen LogP contribution in [0.5, 0.6) is 5.75 Å². The minimum atomic E-state index is 0.0957. The van der Waals surface area contributed by atoms with Gasteiger partial charge in [-0.15, -0.1) is 0 Å². The molecule has 0 unspecified atom stereocenters. The van der Waals surface area contributed by atoms with Crippen molar-refractivity contribution < 1.29 is 9.63 Å². The van der Waals surface area contributed by atoms with Crippen molar-refractivity contribution in [2.24, 2.45) is 0 Å². The topological polar surface area (TPSA) is 101 Å². The van der Waals surface area contributed by atoms with Crippen molar-refractivity contribution in [2.75, 3.05) is 11.9 Å². The van der Waals surface area contributed by atoms with E-state index in [0.717, 1.165) is 22.6 Å². The maximum absolute atomic E-state index is 9.45. The van der Waals surface area contributed by atoms with Crippen LogP contribution in [0.1, 0.15) is 11.3 Å². The van der Waals surface area contributed by atoms with E-state index in [1.54, 1.807) is 24.5 Å². The molecule has 0 aliphatic carbocycles. The summed E-state index contributed by atoms with van der Waals surface area (Å²) in [7, 11) is 1.90. The van der Waals surface area contributed by atoms with Gasteiger partial charge in [0.05, 0.1) is 29.8 Å². The molecule has 8 heteroatoms. The second-order valence-corrected chi connectivity index (χ2v) is 6.29. The fourth-order valence-electron chi connectivity index (χ4n) is 2.79. The quantitative estimate of drug-likeness (QED) is 0.568. The van der Waals surface area contributed by atoms with Crippen LogP contribution in [-0.2, 0) is 6.54 Å². The highest BCUT2D eigenvalue weighted by Gasteiger charge is 2.19. The molecule has 4 aromatic heterocycles. The largest absolute Gasteiger partial charge is 0.506 e. The number of anilines is 1. The first kappa shape index (κ1) is 17.6. The number of pyridine rings is 2. The maximum Gasteiger partial charge on any atom is 0.225 e. The highest BCUT2D eigenvalue weighted by molar-refractivity contribution is 5.59. The number of nitrogens with zero attached hydrogens (tertiary/aromatic N) is 6. The second kappa shape index (κ2) is 7.43. The minimum absolute atomic E-state index is 0.0957. The number of hydrogen-bond acceptors (Lipinski definition) is 8. The summed E-state index contributed by atoms with van der Waals surface area (Å²) < 4.78 is 5.48. The van der Waals surface area contributed by atoms with Gasteiger partial charge < -0.3 is 14.5 Å². The van der Waals surface area contributed by atoms with Crippen LogP contribution < -0.4 is 4.90 Å². The third-order valence-corrected chi connectivity index (χ3v) is 4.27. The third kappa shape index (κ3) is 3.52. The van der Waals surface area contributed by atoms with Gasteiger partial charge in [0.2, 0.25) is 5.95 Å². The molecule has 8 nitrogen and oxygen atoms in total. The lowest BCUT2D eigenvalue weighted by Crippen LogP contribution is -2.20. The van der Waals surface area contributed by atoms with E-state index in [0.29, 0.717) is 23.9 Å². The molecule has 0 spiro atoms. The van der Waals surface area contributed by atoms with Gasteiger partial charge in [-0.1, -0.05) is 11.2 Å².